The largest absolute Gasteiger partial charge is 0.496 e. The van der Waals surface area contributed by atoms with Crippen LogP contribution in [-0.4, -0.2) is 31.0 Å². The first kappa shape index (κ1) is 17.4. The molecule has 0 unspecified atom stereocenters. The molecule has 0 saturated heterocycles. The van der Waals surface area contributed by atoms with Crippen LogP contribution in [0, 0.1) is 0 Å². The van der Waals surface area contributed by atoms with Gasteiger partial charge in [0.2, 0.25) is 0 Å². The highest BCUT2D eigenvalue weighted by molar-refractivity contribution is 6.04. The van der Waals surface area contributed by atoms with Crippen LogP contribution in [0.3, 0.4) is 0 Å². The molecule has 5 heteroatoms. The zero-order chi connectivity index (χ0) is 17.8. The van der Waals surface area contributed by atoms with Crippen molar-refractivity contribution >= 4 is 11.6 Å². The van der Waals surface area contributed by atoms with E-state index >= 15 is 0 Å². The summed E-state index contributed by atoms with van der Waals surface area (Å²) >= 11 is 0. The lowest BCUT2D eigenvalue weighted by atomic mass is 9.99. The molecule has 3 rings (SSSR count). The lowest BCUT2D eigenvalue weighted by Crippen LogP contribution is -2.30. The molecule has 1 aliphatic rings. The summed E-state index contributed by atoms with van der Waals surface area (Å²) in [7, 11) is 1.49. The van der Waals surface area contributed by atoms with Gasteiger partial charge in [0.15, 0.2) is 0 Å². The quantitative estimate of drug-likeness (QED) is 0.899. The Labute approximate surface area is 147 Å². The van der Waals surface area contributed by atoms with Crippen LogP contribution in [0.4, 0.5) is 10.1 Å². The molecule has 25 heavy (non-hydrogen) atoms. The van der Waals surface area contributed by atoms with E-state index in [-0.39, 0.29) is 5.91 Å². The minimum absolute atomic E-state index is 0.250. The molecule has 0 fully saturated rings. The first-order valence-corrected chi connectivity index (χ1v) is 8.53. The fourth-order valence-corrected chi connectivity index (χ4v) is 3.19. The molecule has 2 aromatic rings. The minimum Gasteiger partial charge on any atom is -0.496 e. The van der Waals surface area contributed by atoms with Crippen LogP contribution in [-0.2, 0) is 19.6 Å². The number of nitrogens with one attached hydrogen (secondary N) is 1. The Morgan fingerprint density at radius 3 is 2.80 bits per heavy atom. The third kappa shape index (κ3) is 3.82. The Hall–Kier alpha value is -2.40. The average Bonchev–Trinajstić information content (AvgIpc) is 2.66. The van der Waals surface area contributed by atoms with Gasteiger partial charge in [-0.2, -0.15) is 0 Å². The Morgan fingerprint density at radius 2 is 2.08 bits per heavy atom. The predicted octanol–water partition coefficient (Wildman–Crippen LogP) is 3.80. The van der Waals surface area contributed by atoms with Gasteiger partial charge in [-0.3, -0.25) is 9.69 Å². The Bertz CT molecular complexity index is 776. The van der Waals surface area contributed by atoms with Crippen molar-refractivity contribution in [1.82, 2.24) is 4.90 Å². The molecule has 4 nitrogen and oxygen atoms in total. The molecule has 0 radical (unpaired) electrons. The normalized spacial score (nSPS) is 14.0. The molecule has 0 atom stereocenters. The van der Waals surface area contributed by atoms with Crippen LogP contribution in [0.1, 0.15) is 34.0 Å². The molecule has 132 valence electrons. The van der Waals surface area contributed by atoms with Crippen LogP contribution in [0.5, 0.6) is 5.75 Å². The summed E-state index contributed by atoms with van der Waals surface area (Å²) in [5.41, 5.74) is 4.15. The number of carbonyl (C=O) groups excluding carboxylic acids is 1. The number of benzene rings is 2. The van der Waals surface area contributed by atoms with Gasteiger partial charge in [0, 0.05) is 29.9 Å². The van der Waals surface area contributed by atoms with Gasteiger partial charge in [-0.1, -0.05) is 13.0 Å². The average molecular weight is 342 g/mol. The molecule has 0 bridgehead atoms. The number of alkyl halides is 1. The number of anilines is 1. The van der Waals surface area contributed by atoms with E-state index in [9.17, 15) is 9.18 Å². The molecule has 0 aliphatic carbocycles. The summed E-state index contributed by atoms with van der Waals surface area (Å²) in [6.45, 7) is 4.49. The van der Waals surface area contributed by atoms with Crippen molar-refractivity contribution < 1.29 is 13.9 Å². The number of nitrogens with zero attached hydrogens (tertiary/aromatic N) is 1. The third-order valence-electron chi connectivity index (χ3n) is 4.69. The van der Waals surface area contributed by atoms with Crippen LogP contribution in [0.15, 0.2) is 36.4 Å². The van der Waals surface area contributed by atoms with Crippen molar-refractivity contribution in [3.63, 3.8) is 0 Å². The van der Waals surface area contributed by atoms with E-state index in [1.165, 1.54) is 24.3 Å². The maximum absolute atomic E-state index is 13.1. The van der Waals surface area contributed by atoms with Crippen LogP contribution in [0.2, 0.25) is 0 Å². The number of hydrogen-bond donors (Lipinski definition) is 1. The zero-order valence-corrected chi connectivity index (χ0v) is 14.6. The monoisotopic (exact) mass is 342 g/mol. The van der Waals surface area contributed by atoms with Crippen molar-refractivity contribution in [2.24, 2.45) is 0 Å². The molecule has 1 heterocycles. The summed E-state index contributed by atoms with van der Waals surface area (Å²) in [4.78, 5) is 14.9. The van der Waals surface area contributed by atoms with Crippen LogP contribution >= 0.6 is 0 Å². The highest BCUT2D eigenvalue weighted by Crippen LogP contribution is 2.24. The second-order valence-corrected chi connectivity index (χ2v) is 6.22. The maximum Gasteiger partial charge on any atom is 0.255 e. The van der Waals surface area contributed by atoms with Crippen molar-refractivity contribution in [2.45, 2.75) is 26.6 Å². The van der Waals surface area contributed by atoms with E-state index in [0.29, 0.717) is 16.9 Å². The number of methoxy groups -OCH3 is 1. The second-order valence-electron chi connectivity index (χ2n) is 6.22. The van der Waals surface area contributed by atoms with Gasteiger partial charge in [-0.25, -0.2) is 4.39 Å². The predicted molar refractivity (Wildman–Crippen MR) is 96.9 cm³/mol. The number of rotatable bonds is 5. The van der Waals surface area contributed by atoms with Crippen molar-refractivity contribution in [3.8, 4) is 5.75 Å². The van der Waals surface area contributed by atoms with E-state index in [4.69, 9.17) is 4.74 Å². The van der Waals surface area contributed by atoms with Crippen molar-refractivity contribution in [2.75, 3.05) is 25.5 Å². The van der Waals surface area contributed by atoms with Gasteiger partial charge in [0.25, 0.3) is 5.91 Å². The van der Waals surface area contributed by atoms with Gasteiger partial charge < -0.3 is 10.1 Å². The number of likely N-dealkylation sites (N-methyl/N-ethyl adjacent to an activating group) is 1. The molecule has 0 spiro atoms. The number of carbonyl (C=O) groups is 1. The minimum atomic E-state index is -0.671. The van der Waals surface area contributed by atoms with E-state index in [2.05, 4.69) is 23.2 Å². The molecular formula is C20H23FN2O2. The van der Waals surface area contributed by atoms with Gasteiger partial charge in [0.1, 0.15) is 12.4 Å². The molecule has 0 aromatic heterocycles. The zero-order valence-electron chi connectivity index (χ0n) is 14.6. The van der Waals surface area contributed by atoms with Gasteiger partial charge in [-0.05, 0) is 54.4 Å². The number of fused-ring (bicyclic) bond motifs is 1. The third-order valence-corrected chi connectivity index (χ3v) is 4.69. The number of ether oxygens (including phenoxy) is 1. The summed E-state index contributed by atoms with van der Waals surface area (Å²) < 4.78 is 18.2. The smallest absolute Gasteiger partial charge is 0.255 e. The summed E-state index contributed by atoms with van der Waals surface area (Å²) in [5.74, 6) is 0.202. The summed E-state index contributed by atoms with van der Waals surface area (Å²) in [6, 6.07) is 10.8. The van der Waals surface area contributed by atoms with Crippen LogP contribution in [0.25, 0.3) is 0 Å². The second kappa shape index (κ2) is 7.66. The highest BCUT2D eigenvalue weighted by atomic mass is 19.1. The first-order valence-electron chi connectivity index (χ1n) is 8.53. The standard InChI is InChI=1S/C20H23FN2O2/c1-3-23-9-8-14-4-6-18(11-17(14)13-23)22-20(24)15-5-7-19(25-2)16(10-15)12-21/h4-7,10-11H,3,8-9,12-13H2,1-2H3,(H,22,24). The van der Waals surface area contributed by atoms with Gasteiger partial charge in [-0.15, -0.1) is 0 Å². The number of halogens is 1. The Balaban J connectivity index is 1.77. The fourth-order valence-electron chi connectivity index (χ4n) is 3.19. The highest BCUT2D eigenvalue weighted by Gasteiger charge is 2.16. The maximum atomic E-state index is 13.1. The molecule has 1 amide bonds. The molecule has 2 aromatic carbocycles. The van der Waals surface area contributed by atoms with Gasteiger partial charge >= 0.3 is 0 Å². The summed E-state index contributed by atoms with van der Waals surface area (Å²) in [5, 5.41) is 2.91. The van der Waals surface area contributed by atoms with E-state index in [1.54, 1.807) is 12.1 Å². The fraction of sp³-hybridized carbons (Fsp3) is 0.350. The SMILES string of the molecule is CCN1CCc2ccc(NC(=O)c3ccc(OC)c(CF)c3)cc2C1. The van der Waals surface area contributed by atoms with E-state index < -0.39 is 6.67 Å². The number of amides is 1. The first-order chi connectivity index (χ1) is 12.1. The topological polar surface area (TPSA) is 41.6 Å². The molecule has 1 N–H and O–H groups in total. The Kier molecular flexibility index (Phi) is 5.34. The molecule has 0 saturated carbocycles. The van der Waals surface area contributed by atoms with Crippen molar-refractivity contribution in [1.29, 1.82) is 0 Å². The molecule has 1 aliphatic heterocycles. The Morgan fingerprint density at radius 1 is 1.24 bits per heavy atom. The van der Waals surface area contributed by atoms with E-state index in [0.717, 1.165) is 31.7 Å². The number of hydrogen-bond acceptors (Lipinski definition) is 3. The van der Waals surface area contributed by atoms with Gasteiger partial charge in [0.05, 0.1) is 7.11 Å². The van der Waals surface area contributed by atoms with Crippen LogP contribution < -0.4 is 10.1 Å². The van der Waals surface area contributed by atoms with Crippen molar-refractivity contribution in [3.05, 3.63) is 58.7 Å². The van der Waals surface area contributed by atoms with E-state index in [1.807, 2.05) is 12.1 Å². The lowest BCUT2D eigenvalue weighted by molar-refractivity contribution is 0.102. The molecular weight excluding hydrogens is 319 g/mol. The summed E-state index contributed by atoms with van der Waals surface area (Å²) in [6.07, 6.45) is 1.04. The lowest BCUT2D eigenvalue weighted by Gasteiger charge is -2.27.